The van der Waals surface area contributed by atoms with Crippen LogP contribution in [0.25, 0.3) is 10.1 Å². The second-order valence-electron chi connectivity index (χ2n) is 5.90. The molecule has 3 rings (SSSR count). The Balaban J connectivity index is 2.02. The molecule has 1 atom stereocenters. The summed E-state index contributed by atoms with van der Waals surface area (Å²) in [7, 11) is 0. The second kappa shape index (κ2) is 5.85. The Morgan fingerprint density at radius 2 is 2.33 bits per heavy atom. The molecule has 112 valence electrons. The van der Waals surface area contributed by atoms with Gasteiger partial charge in [-0.3, -0.25) is 4.79 Å². The molecule has 1 saturated heterocycles. The van der Waals surface area contributed by atoms with Gasteiger partial charge in [-0.25, -0.2) is 4.39 Å². The van der Waals surface area contributed by atoms with E-state index in [9.17, 15) is 9.18 Å². The molecule has 2 aromatic rings. The monoisotopic (exact) mass is 305 g/mol. The van der Waals surface area contributed by atoms with Crippen molar-refractivity contribution in [3.05, 3.63) is 35.0 Å². The van der Waals surface area contributed by atoms with Gasteiger partial charge in [-0.2, -0.15) is 0 Å². The van der Waals surface area contributed by atoms with E-state index in [0.29, 0.717) is 10.9 Å². The van der Waals surface area contributed by atoms with Gasteiger partial charge in [-0.05, 0) is 31.5 Å². The third-order valence-corrected chi connectivity index (χ3v) is 5.48. The molecule has 0 aliphatic carbocycles. The van der Waals surface area contributed by atoms with Crippen molar-refractivity contribution in [3.8, 4) is 0 Å². The van der Waals surface area contributed by atoms with Crippen molar-refractivity contribution >= 4 is 27.2 Å². The summed E-state index contributed by atoms with van der Waals surface area (Å²) in [5, 5.41) is 5.66. The first-order chi connectivity index (χ1) is 10.2. The average Bonchev–Trinajstić information content (AvgIpc) is 3.13. The summed E-state index contributed by atoms with van der Waals surface area (Å²) in [6.07, 6.45) is 3.87. The van der Waals surface area contributed by atoms with Crippen LogP contribution >= 0.6 is 11.3 Å². The summed E-state index contributed by atoms with van der Waals surface area (Å²) in [4.78, 5) is 13.1. The first kappa shape index (κ1) is 14.7. The SMILES string of the molecule is CCCCC1(C(=O)c2csc3cccc(F)c23)CCNC1. The zero-order valence-corrected chi connectivity index (χ0v) is 13.1. The van der Waals surface area contributed by atoms with E-state index in [0.717, 1.165) is 43.5 Å². The summed E-state index contributed by atoms with van der Waals surface area (Å²) in [5.41, 5.74) is 0.236. The van der Waals surface area contributed by atoms with Crippen molar-refractivity contribution in [2.75, 3.05) is 13.1 Å². The van der Waals surface area contributed by atoms with Crippen molar-refractivity contribution in [1.29, 1.82) is 0 Å². The van der Waals surface area contributed by atoms with Crippen molar-refractivity contribution in [3.63, 3.8) is 0 Å². The Morgan fingerprint density at radius 3 is 3.05 bits per heavy atom. The number of benzene rings is 1. The zero-order chi connectivity index (χ0) is 14.9. The first-order valence-corrected chi connectivity index (χ1v) is 8.47. The highest BCUT2D eigenvalue weighted by atomic mass is 32.1. The van der Waals surface area contributed by atoms with E-state index in [1.165, 1.54) is 17.4 Å². The highest BCUT2D eigenvalue weighted by Gasteiger charge is 2.41. The summed E-state index contributed by atoms with van der Waals surface area (Å²) in [6, 6.07) is 5.02. The quantitative estimate of drug-likeness (QED) is 0.830. The van der Waals surface area contributed by atoms with Crippen molar-refractivity contribution in [2.24, 2.45) is 5.41 Å². The van der Waals surface area contributed by atoms with Crippen LogP contribution in [0, 0.1) is 11.2 Å². The van der Waals surface area contributed by atoms with Gasteiger partial charge >= 0.3 is 0 Å². The lowest BCUT2D eigenvalue weighted by molar-refractivity contribution is 0.0801. The summed E-state index contributed by atoms with van der Waals surface area (Å²) in [5.74, 6) is -0.161. The third-order valence-electron chi connectivity index (χ3n) is 4.53. The lowest BCUT2D eigenvalue weighted by atomic mass is 9.75. The van der Waals surface area contributed by atoms with Gasteiger partial charge in [0.05, 0.1) is 0 Å². The van der Waals surface area contributed by atoms with E-state index in [-0.39, 0.29) is 17.0 Å². The standard InChI is InChI=1S/C17H20FNOS/c1-2-3-7-17(8-9-19-11-17)16(20)12-10-21-14-6-4-5-13(18)15(12)14/h4-6,10,19H,2-3,7-9,11H2,1H3. The molecule has 1 unspecified atom stereocenters. The number of hydrogen-bond donors (Lipinski definition) is 1. The van der Waals surface area contributed by atoms with Crippen LogP contribution in [0.3, 0.4) is 0 Å². The number of unbranched alkanes of at least 4 members (excludes halogenated alkanes) is 1. The van der Waals surface area contributed by atoms with Gasteiger partial charge in [-0.15, -0.1) is 11.3 Å². The number of nitrogens with one attached hydrogen (secondary N) is 1. The molecular weight excluding hydrogens is 285 g/mol. The summed E-state index contributed by atoms with van der Waals surface area (Å²) in [6.45, 7) is 3.73. The van der Waals surface area contributed by atoms with Crippen LogP contribution in [-0.4, -0.2) is 18.9 Å². The fraction of sp³-hybridized carbons (Fsp3) is 0.471. The Kier molecular flexibility index (Phi) is 4.09. The maximum Gasteiger partial charge on any atom is 0.171 e. The van der Waals surface area contributed by atoms with Crippen LogP contribution in [0.1, 0.15) is 43.0 Å². The van der Waals surface area contributed by atoms with Crippen molar-refractivity contribution in [2.45, 2.75) is 32.6 Å². The molecule has 0 spiro atoms. The van der Waals surface area contributed by atoms with E-state index in [1.807, 2.05) is 11.4 Å². The molecule has 2 nitrogen and oxygen atoms in total. The van der Waals surface area contributed by atoms with E-state index in [4.69, 9.17) is 0 Å². The average molecular weight is 305 g/mol. The van der Waals surface area contributed by atoms with E-state index < -0.39 is 0 Å². The van der Waals surface area contributed by atoms with Crippen molar-refractivity contribution in [1.82, 2.24) is 5.32 Å². The second-order valence-corrected chi connectivity index (χ2v) is 6.81. The minimum atomic E-state index is -0.341. The molecule has 1 aromatic heterocycles. The molecule has 0 saturated carbocycles. The largest absolute Gasteiger partial charge is 0.316 e. The molecule has 2 heterocycles. The maximum atomic E-state index is 14.1. The van der Waals surface area contributed by atoms with E-state index in [1.54, 1.807) is 6.07 Å². The molecule has 1 fully saturated rings. The minimum absolute atomic E-state index is 0.123. The van der Waals surface area contributed by atoms with Gasteiger partial charge in [0.1, 0.15) is 5.82 Å². The zero-order valence-electron chi connectivity index (χ0n) is 12.2. The van der Waals surface area contributed by atoms with Gasteiger partial charge in [0.25, 0.3) is 0 Å². The lowest BCUT2D eigenvalue weighted by Crippen LogP contribution is -2.33. The molecule has 0 amide bonds. The van der Waals surface area contributed by atoms with Crippen LogP contribution in [0.15, 0.2) is 23.6 Å². The van der Waals surface area contributed by atoms with Crippen LogP contribution < -0.4 is 5.32 Å². The predicted octanol–water partition coefficient (Wildman–Crippen LogP) is 4.39. The number of carbonyl (C=O) groups is 1. The van der Waals surface area contributed by atoms with Gasteiger partial charge in [0, 0.05) is 33.0 Å². The number of rotatable bonds is 5. The number of thiophene rings is 1. The van der Waals surface area contributed by atoms with Gasteiger partial charge < -0.3 is 5.32 Å². The number of ketones is 1. The highest BCUT2D eigenvalue weighted by molar-refractivity contribution is 7.17. The van der Waals surface area contributed by atoms with E-state index >= 15 is 0 Å². The Hall–Kier alpha value is -1.26. The maximum absolute atomic E-state index is 14.1. The Bertz CT molecular complexity index is 658. The lowest BCUT2D eigenvalue weighted by Gasteiger charge is -2.26. The van der Waals surface area contributed by atoms with Crippen LogP contribution in [0.4, 0.5) is 4.39 Å². The predicted molar refractivity (Wildman–Crippen MR) is 85.6 cm³/mol. The van der Waals surface area contributed by atoms with Gasteiger partial charge in [0.2, 0.25) is 0 Å². The highest BCUT2D eigenvalue weighted by Crippen LogP contribution is 2.39. The summed E-state index contributed by atoms with van der Waals surface area (Å²) < 4.78 is 15.0. The first-order valence-electron chi connectivity index (χ1n) is 7.59. The number of carbonyl (C=O) groups excluding carboxylic acids is 1. The molecule has 21 heavy (non-hydrogen) atoms. The number of Topliss-reactive ketones (excluding diaryl/α,β-unsaturated/α-hetero) is 1. The topological polar surface area (TPSA) is 29.1 Å². The van der Waals surface area contributed by atoms with Crippen LogP contribution in [0.5, 0.6) is 0 Å². The number of hydrogen-bond acceptors (Lipinski definition) is 3. The normalized spacial score (nSPS) is 22.0. The smallest absolute Gasteiger partial charge is 0.171 e. The Morgan fingerprint density at radius 1 is 1.48 bits per heavy atom. The molecule has 4 heteroatoms. The van der Waals surface area contributed by atoms with Gasteiger partial charge in [0.15, 0.2) is 5.78 Å². The molecule has 0 radical (unpaired) electrons. The molecule has 1 aromatic carbocycles. The van der Waals surface area contributed by atoms with E-state index in [2.05, 4.69) is 12.2 Å². The van der Waals surface area contributed by atoms with Gasteiger partial charge in [-0.1, -0.05) is 25.8 Å². The molecular formula is C17H20FNOS. The molecule has 0 bridgehead atoms. The third kappa shape index (κ3) is 2.51. The fourth-order valence-corrected chi connectivity index (χ4v) is 4.23. The Labute approximate surface area is 128 Å². The molecule has 1 aliphatic heterocycles. The molecule has 1 N–H and O–H groups in total. The van der Waals surface area contributed by atoms with Crippen molar-refractivity contribution < 1.29 is 9.18 Å². The fourth-order valence-electron chi connectivity index (χ4n) is 3.28. The van der Waals surface area contributed by atoms with Crippen LogP contribution in [0.2, 0.25) is 0 Å². The molecule has 1 aliphatic rings. The minimum Gasteiger partial charge on any atom is -0.316 e. The number of halogens is 1. The summed E-state index contributed by atoms with van der Waals surface area (Å²) >= 11 is 1.46. The van der Waals surface area contributed by atoms with Crippen LogP contribution in [-0.2, 0) is 0 Å². The number of fused-ring (bicyclic) bond motifs is 1.